The number of nitrogens with one attached hydrogen (secondary N) is 1. The lowest BCUT2D eigenvalue weighted by atomic mass is 10.3. The van der Waals surface area contributed by atoms with E-state index < -0.39 is 0 Å². The summed E-state index contributed by atoms with van der Waals surface area (Å²) in [4.78, 5) is 2.35. The maximum absolute atomic E-state index is 3.38. The van der Waals surface area contributed by atoms with E-state index in [2.05, 4.69) is 36.3 Å². The van der Waals surface area contributed by atoms with Gasteiger partial charge in [-0.2, -0.15) is 0 Å². The van der Waals surface area contributed by atoms with Crippen LogP contribution in [0.1, 0.15) is 26.7 Å². The highest BCUT2D eigenvalue weighted by molar-refractivity contribution is 4.91. The Morgan fingerprint density at radius 1 is 1.64 bits per heavy atom. The SMILES string of the molecule is CCCCN1C=CCNC1C. The predicted molar refractivity (Wildman–Crippen MR) is 48.2 cm³/mol. The Balaban J connectivity index is 2.29. The molecule has 0 amide bonds. The van der Waals surface area contributed by atoms with E-state index in [0.717, 1.165) is 6.54 Å². The highest BCUT2D eigenvalue weighted by atomic mass is 15.3. The van der Waals surface area contributed by atoms with Gasteiger partial charge in [-0.25, -0.2) is 0 Å². The summed E-state index contributed by atoms with van der Waals surface area (Å²) in [6.45, 7) is 6.63. The van der Waals surface area contributed by atoms with E-state index in [1.807, 2.05) is 0 Å². The van der Waals surface area contributed by atoms with E-state index in [4.69, 9.17) is 0 Å². The van der Waals surface area contributed by atoms with Crippen molar-refractivity contribution in [2.75, 3.05) is 13.1 Å². The molecule has 64 valence electrons. The molecule has 0 spiro atoms. The smallest absolute Gasteiger partial charge is 0.0763 e. The largest absolute Gasteiger partial charge is 0.363 e. The highest BCUT2D eigenvalue weighted by Gasteiger charge is 2.09. The minimum Gasteiger partial charge on any atom is -0.363 e. The second-order valence-corrected chi connectivity index (χ2v) is 3.06. The molecular formula is C9H18N2. The Morgan fingerprint density at radius 2 is 2.45 bits per heavy atom. The number of hydrogen-bond donors (Lipinski definition) is 1. The molecule has 1 aliphatic heterocycles. The summed E-state index contributed by atoms with van der Waals surface area (Å²) in [6.07, 6.45) is 7.46. The minimum absolute atomic E-state index is 0.520. The summed E-state index contributed by atoms with van der Waals surface area (Å²) in [6, 6.07) is 0. The fourth-order valence-electron chi connectivity index (χ4n) is 1.28. The molecule has 1 N–H and O–H groups in total. The van der Waals surface area contributed by atoms with E-state index in [9.17, 15) is 0 Å². The third-order valence-electron chi connectivity index (χ3n) is 2.10. The average Bonchev–Trinajstić information content (AvgIpc) is 2.03. The van der Waals surface area contributed by atoms with Crippen LogP contribution in [0.4, 0.5) is 0 Å². The van der Waals surface area contributed by atoms with Crippen molar-refractivity contribution in [2.24, 2.45) is 0 Å². The normalized spacial score (nSPS) is 24.2. The summed E-state index contributed by atoms with van der Waals surface area (Å²) in [5.74, 6) is 0. The number of unbranched alkanes of at least 4 members (excludes halogenated alkanes) is 1. The van der Waals surface area contributed by atoms with E-state index in [1.54, 1.807) is 0 Å². The lowest BCUT2D eigenvalue weighted by Gasteiger charge is -2.31. The molecule has 11 heavy (non-hydrogen) atoms. The molecule has 1 unspecified atom stereocenters. The van der Waals surface area contributed by atoms with Gasteiger partial charge in [0.05, 0.1) is 6.17 Å². The predicted octanol–water partition coefficient (Wildman–Crippen LogP) is 1.55. The molecule has 0 aromatic carbocycles. The van der Waals surface area contributed by atoms with Crippen LogP contribution in [-0.4, -0.2) is 24.2 Å². The van der Waals surface area contributed by atoms with Crippen molar-refractivity contribution in [3.8, 4) is 0 Å². The summed E-state index contributed by atoms with van der Waals surface area (Å²) < 4.78 is 0. The van der Waals surface area contributed by atoms with Gasteiger partial charge in [0, 0.05) is 13.1 Å². The Morgan fingerprint density at radius 3 is 3.09 bits per heavy atom. The van der Waals surface area contributed by atoms with Crippen molar-refractivity contribution in [1.29, 1.82) is 0 Å². The second kappa shape index (κ2) is 4.39. The summed E-state index contributed by atoms with van der Waals surface area (Å²) >= 11 is 0. The van der Waals surface area contributed by atoms with Crippen LogP contribution in [0.2, 0.25) is 0 Å². The number of rotatable bonds is 3. The van der Waals surface area contributed by atoms with Gasteiger partial charge in [-0.3, -0.25) is 5.32 Å². The van der Waals surface area contributed by atoms with Crippen molar-refractivity contribution < 1.29 is 0 Å². The molecule has 2 heteroatoms. The van der Waals surface area contributed by atoms with Gasteiger partial charge in [-0.05, 0) is 19.5 Å². The molecule has 0 aliphatic carbocycles. The molecule has 0 saturated heterocycles. The summed E-state index contributed by atoms with van der Waals surface area (Å²) in [7, 11) is 0. The molecule has 0 fully saturated rings. The zero-order valence-electron chi connectivity index (χ0n) is 7.51. The Hall–Kier alpha value is -0.500. The summed E-state index contributed by atoms with van der Waals surface area (Å²) in [5, 5.41) is 3.38. The van der Waals surface area contributed by atoms with E-state index >= 15 is 0 Å². The molecule has 1 rings (SSSR count). The lowest BCUT2D eigenvalue weighted by Crippen LogP contribution is -2.43. The topological polar surface area (TPSA) is 15.3 Å². The quantitative estimate of drug-likeness (QED) is 0.663. The van der Waals surface area contributed by atoms with Crippen LogP contribution in [-0.2, 0) is 0 Å². The van der Waals surface area contributed by atoms with Crippen molar-refractivity contribution in [2.45, 2.75) is 32.9 Å². The van der Waals surface area contributed by atoms with Crippen LogP contribution in [0, 0.1) is 0 Å². The van der Waals surface area contributed by atoms with Crippen LogP contribution in [0.3, 0.4) is 0 Å². The Kier molecular flexibility index (Phi) is 3.43. The first-order valence-corrected chi connectivity index (χ1v) is 4.50. The summed E-state index contributed by atoms with van der Waals surface area (Å²) in [5.41, 5.74) is 0. The van der Waals surface area contributed by atoms with Crippen LogP contribution in [0.5, 0.6) is 0 Å². The van der Waals surface area contributed by atoms with Crippen molar-refractivity contribution in [3.63, 3.8) is 0 Å². The molecule has 0 radical (unpaired) electrons. The van der Waals surface area contributed by atoms with Crippen LogP contribution in [0.15, 0.2) is 12.3 Å². The average molecular weight is 154 g/mol. The van der Waals surface area contributed by atoms with Gasteiger partial charge in [-0.15, -0.1) is 0 Å². The van der Waals surface area contributed by atoms with E-state index in [-0.39, 0.29) is 0 Å². The fourth-order valence-corrected chi connectivity index (χ4v) is 1.28. The van der Waals surface area contributed by atoms with Gasteiger partial charge in [0.1, 0.15) is 0 Å². The standard InChI is InChI=1S/C9H18N2/c1-3-4-7-11-8-5-6-10-9(11)2/h5,8-10H,3-4,6-7H2,1-2H3. The van der Waals surface area contributed by atoms with Gasteiger partial charge < -0.3 is 4.90 Å². The van der Waals surface area contributed by atoms with Crippen molar-refractivity contribution in [1.82, 2.24) is 10.2 Å². The first-order chi connectivity index (χ1) is 5.34. The van der Waals surface area contributed by atoms with Crippen molar-refractivity contribution >= 4 is 0 Å². The van der Waals surface area contributed by atoms with Gasteiger partial charge >= 0.3 is 0 Å². The molecule has 1 aliphatic rings. The molecule has 1 heterocycles. The highest BCUT2D eigenvalue weighted by Crippen LogP contribution is 2.03. The van der Waals surface area contributed by atoms with Gasteiger partial charge in [0.2, 0.25) is 0 Å². The van der Waals surface area contributed by atoms with Crippen molar-refractivity contribution in [3.05, 3.63) is 12.3 Å². The zero-order valence-corrected chi connectivity index (χ0v) is 7.51. The zero-order chi connectivity index (χ0) is 8.10. The van der Waals surface area contributed by atoms with Crippen LogP contribution >= 0.6 is 0 Å². The third-order valence-corrected chi connectivity index (χ3v) is 2.10. The Labute approximate surface area is 69.3 Å². The van der Waals surface area contributed by atoms with E-state index in [0.29, 0.717) is 6.17 Å². The Bertz CT molecular complexity index is 132. The third kappa shape index (κ3) is 2.54. The van der Waals surface area contributed by atoms with Gasteiger partial charge in [-0.1, -0.05) is 19.4 Å². The number of hydrogen-bond acceptors (Lipinski definition) is 2. The molecule has 0 aromatic heterocycles. The molecule has 0 saturated carbocycles. The first kappa shape index (κ1) is 8.60. The maximum atomic E-state index is 3.38. The molecule has 1 atom stereocenters. The fraction of sp³-hybridized carbons (Fsp3) is 0.778. The van der Waals surface area contributed by atoms with Crippen LogP contribution < -0.4 is 5.32 Å². The number of nitrogens with zero attached hydrogens (tertiary/aromatic N) is 1. The monoisotopic (exact) mass is 154 g/mol. The minimum atomic E-state index is 0.520. The van der Waals surface area contributed by atoms with Gasteiger partial charge in [0.15, 0.2) is 0 Å². The van der Waals surface area contributed by atoms with E-state index in [1.165, 1.54) is 19.4 Å². The lowest BCUT2D eigenvalue weighted by molar-refractivity contribution is 0.240. The first-order valence-electron chi connectivity index (χ1n) is 4.50. The van der Waals surface area contributed by atoms with Gasteiger partial charge in [0.25, 0.3) is 0 Å². The molecule has 0 aromatic rings. The molecular weight excluding hydrogens is 136 g/mol. The van der Waals surface area contributed by atoms with Crippen LogP contribution in [0.25, 0.3) is 0 Å². The second-order valence-electron chi connectivity index (χ2n) is 3.06. The molecule has 2 nitrogen and oxygen atoms in total. The maximum Gasteiger partial charge on any atom is 0.0763 e. The molecule has 0 bridgehead atoms.